The summed E-state index contributed by atoms with van der Waals surface area (Å²) in [6.45, 7) is 1.81. The van der Waals surface area contributed by atoms with Gasteiger partial charge in [0, 0.05) is 30.2 Å². The van der Waals surface area contributed by atoms with Gasteiger partial charge in [0.05, 0.1) is 16.5 Å². The Bertz CT molecular complexity index is 1560. The van der Waals surface area contributed by atoms with Crippen LogP contribution >= 0.6 is 0 Å². The van der Waals surface area contributed by atoms with E-state index in [-0.39, 0.29) is 6.10 Å². The van der Waals surface area contributed by atoms with E-state index < -0.39 is 10.0 Å². The number of hydrogen-bond acceptors (Lipinski definition) is 4. The first kappa shape index (κ1) is 23.3. The molecule has 0 radical (unpaired) electrons. The zero-order valence-electron chi connectivity index (χ0n) is 20.7. The molecule has 6 heteroatoms. The van der Waals surface area contributed by atoms with Crippen molar-refractivity contribution >= 4 is 37.3 Å². The number of likely N-dealkylation sites (N-methyl/N-ethyl adjacent to an activating group) is 1. The Kier molecular flexibility index (Phi) is 6.10. The molecular weight excluding hydrogens is 468 g/mol. The lowest BCUT2D eigenvalue weighted by Crippen LogP contribution is -2.23. The summed E-state index contributed by atoms with van der Waals surface area (Å²) in [6, 6.07) is 19.1. The van der Waals surface area contributed by atoms with E-state index in [1.165, 1.54) is 28.8 Å². The fourth-order valence-electron chi connectivity index (χ4n) is 5.54. The summed E-state index contributed by atoms with van der Waals surface area (Å²) in [7, 11) is -1.68. The highest BCUT2D eigenvalue weighted by Gasteiger charge is 2.25. The summed E-state index contributed by atoms with van der Waals surface area (Å²) in [6.07, 6.45) is 11.0. The fourth-order valence-corrected chi connectivity index (χ4v) is 6.95. The minimum absolute atomic E-state index is 0.241. The predicted molar refractivity (Wildman–Crippen MR) is 146 cm³/mol. The second-order valence-corrected chi connectivity index (χ2v) is 12.0. The second kappa shape index (κ2) is 9.41. The number of aromatic nitrogens is 1. The van der Waals surface area contributed by atoms with Gasteiger partial charge in [-0.05, 0) is 85.8 Å². The molecule has 0 N–H and O–H groups in total. The number of rotatable bonds is 5. The maximum Gasteiger partial charge on any atom is 0.268 e. The van der Waals surface area contributed by atoms with E-state index in [1.807, 2.05) is 54.7 Å². The molecule has 2 heterocycles. The van der Waals surface area contributed by atoms with E-state index in [9.17, 15) is 8.42 Å². The average Bonchev–Trinajstić information content (AvgIpc) is 3.29. The number of ether oxygens (including phenoxy) is 1. The van der Waals surface area contributed by atoms with E-state index in [0.29, 0.717) is 10.4 Å². The molecule has 2 aliphatic rings. The number of hydrogen-bond donors (Lipinski definition) is 0. The van der Waals surface area contributed by atoms with Gasteiger partial charge >= 0.3 is 0 Å². The standard InChI is InChI=1S/C30H32N2O3S/c1-31-17-15-23(16-18-31)29-21-32(36(33,34)27-13-11-22-7-5-6-8-24(22)19-27)30-14-12-26(20-28(29)30)35-25-9-3-2-4-10-25/h5-8,11-15,19-21,25H,2-4,9-10,16-18H2,1H3. The summed E-state index contributed by atoms with van der Waals surface area (Å²) in [4.78, 5) is 2.57. The Labute approximate surface area is 213 Å². The summed E-state index contributed by atoms with van der Waals surface area (Å²) in [5, 5.41) is 2.87. The molecule has 1 aromatic heterocycles. The maximum atomic E-state index is 13.9. The molecule has 1 aliphatic carbocycles. The quantitative estimate of drug-likeness (QED) is 0.315. The highest BCUT2D eigenvalue weighted by atomic mass is 32.2. The van der Waals surface area contributed by atoms with Crippen molar-refractivity contribution in [3.05, 3.63) is 78.5 Å². The Morgan fingerprint density at radius 3 is 2.50 bits per heavy atom. The Morgan fingerprint density at radius 1 is 0.917 bits per heavy atom. The van der Waals surface area contributed by atoms with Crippen LogP contribution in [0.4, 0.5) is 0 Å². The van der Waals surface area contributed by atoms with E-state index in [1.54, 1.807) is 12.1 Å². The number of fused-ring (bicyclic) bond motifs is 2. The van der Waals surface area contributed by atoms with E-state index in [2.05, 4.69) is 18.0 Å². The molecule has 6 rings (SSSR count). The molecule has 4 aromatic rings. The van der Waals surface area contributed by atoms with Crippen LogP contribution in [0, 0.1) is 0 Å². The van der Waals surface area contributed by atoms with Crippen molar-refractivity contribution < 1.29 is 13.2 Å². The molecule has 0 bridgehead atoms. The van der Waals surface area contributed by atoms with E-state index in [4.69, 9.17) is 4.74 Å². The molecule has 0 atom stereocenters. The van der Waals surface area contributed by atoms with Crippen molar-refractivity contribution in [2.45, 2.75) is 49.5 Å². The smallest absolute Gasteiger partial charge is 0.268 e. The molecule has 186 valence electrons. The number of benzene rings is 3. The highest BCUT2D eigenvalue weighted by molar-refractivity contribution is 7.90. The van der Waals surface area contributed by atoms with Crippen molar-refractivity contribution in [2.75, 3.05) is 20.1 Å². The zero-order chi connectivity index (χ0) is 24.7. The van der Waals surface area contributed by atoms with Crippen molar-refractivity contribution in [1.82, 2.24) is 8.87 Å². The lowest BCUT2D eigenvalue weighted by molar-refractivity contribution is 0.155. The molecule has 36 heavy (non-hydrogen) atoms. The molecule has 0 amide bonds. The lowest BCUT2D eigenvalue weighted by atomic mass is 9.97. The van der Waals surface area contributed by atoms with Crippen molar-refractivity contribution in [3.63, 3.8) is 0 Å². The van der Waals surface area contributed by atoms with Gasteiger partial charge in [-0.3, -0.25) is 0 Å². The van der Waals surface area contributed by atoms with E-state index >= 15 is 0 Å². The second-order valence-electron chi connectivity index (χ2n) is 10.2. The first-order chi connectivity index (χ1) is 17.5. The third kappa shape index (κ3) is 4.33. The third-order valence-corrected chi connectivity index (χ3v) is 9.30. The van der Waals surface area contributed by atoms with Crippen LogP contribution in [0.5, 0.6) is 5.75 Å². The zero-order valence-corrected chi connectivity index (χ0v) is 21.5. The highest BCUT2D eigenvalue weighted by Crippen LogP contribution is 2.36. The molecular formula is C30H32N2O3S. The molecule has 3 aromatic carbocycles. The Morgan fingerprint density at radius 2 is 1.72 bits per heavy atom. The summed E-state index contributed by atoms with van der Waals surface area (Å²) >= 11 is 0. The molecule has 5 nitrogen and oxygen atoms in total. The molecule has 1 aliphatic heterocycles. The van der Waals surface area contributed by atoms with Gasteiger partial charge in [-0.1, -0.05) is 42.8 Å². The van der Waals surface area contributed by atoms with Gasteiger partial charge in [-0.2, -0.15) is 0 Å². The summed E-state index contributed by atoms with van der Waals surface area (Å²) < 4.78 is 35.7. The Hall–Kier alpha value is -3.09. The van der Waals surface area contributed by atoms with E-state index in [0.717, 1.165) is 59.8 Å². The minimum atomic E-state index is -3.79. The van der Waals surface area contributed by atoms with Crippen molar-refractivity contribution in [3.8, 4) is 5.75 Å². The van der Waals surface area contributed by atoms with Crippen LogP contribution in [0.1, 0.15) is 44.1 Å². The fraction of sp³-hybridized carbons (Fsp3) is 0.333. The first-order valence-electron chi connectivity index (χ1n) is 12.9. The van der Waals surface area contributed by atoms with Crippen LogP contribution in [0.2, 0.25) is 0 Å². The van der Waals surface area contributed by atoms with Crippen LogP contribution in [-0.4, -0.2) is 43.5 Å². The van der Waals surface area contributed by atoms with Crippen LogP contribution in [0.15, 0.2) is 77.8 Å². The van der Waals surface area contributed by atoms with Crippen LogP contribution in [0.25, 0.3) is 27.2 Å². The van der Waals surface area contributed by atoms with Crippen LogP contribution in [0.3, 0.4) is 0 Å². The van der Waals surface area contributed by atoms with Crippen LogP contribution in [-0.2, 0) is 10.0 Å². The molecule has 1 fully saturated rings. The molecule has 1 saturated carbocycles. The van der Waals surface area contributed by atoms with Crippen LogP contribution < -0.4 is 4.74 Å². The SMILES string of the molecule is CN1CC=C(c2cn(S(=O)(=O)c3ccc4ccccc4c3)c3ccc(OC4CCCCC4)cc23)CC1. The van der Waals surface area contributed by atoms with Gasteiger partial charge in [0.25, 0.3) is 10.0 Å². The monoisotopic (exact) mass is 500 g/mol. The predicted octanol–water partition coefficient (Wildman–Crippen LogP) is 6.46. The molecule has 0 saturated heterocycles. The van der Waals surface area contributed by atoms with Gasteiger partial charge in [-0.15, -0.1) is 0 Å². The third-order valence-electron chi connectivity index (χ3n) is 7.63. The maximum absolute atomic E-state index is 13.9. The Balaban J connectivity index is 1.47. The summed E-state index contributed by atoms with van der Waals surface area (Å²) in [5.74, 6) is 0.824. The minimum Gasteiger partial charge on any atom is -0.490 e. The largest absolute Gasteiger partial charge is 0.490 e. The first-order valence-corrected chi connectivity index (χ1v) is 14.4. The van der Waals surface area contributed by atoms with Gasteiger partial charge < -0.3 is 9.64 Å². The summed E-state index contributed by atoms with van der Waals surface area (Å²) in [5.41, 5.74) is 2.87. The normalized spacial score (nSPS) is 18.0. The van der Waals surface area contributed by atoms with Gasteiger partial charge in [-0.25, -0.2) is 12.4 Å². The van der Waals surface area contributed by atoms with Gasteiger partial charge in [0.2, 0.25) is 0 Å². The average molecular weight is 501 g/mol. The molecule has 0 unspecified atom stereocenters. The lowest BCUT2D eigenvalue weighted by Gasteiger charge is -2.23. The van der Waals surface area contributed by atoms with Crippen molar-refractivity contribution in [2.24, 2.45) is 0 Å². The molecule has 0 spiro atoms. The topological polar surface area (TPSA) is 51.5 Å². The van der Waals surface area contributed by atoms with Gasteiger partial charge in [0.1, 0.15) is 5.75 Å². The van der Waals surface area contributed by atoms with Gasteiger partial charge in [0.15, 0.2) is 0 Å². The number of nitrogens with zero attached hydrogens (tertiary/aromatic N) is 2. The van der Waals surface area contributed by atoms with Crippen molar-refractivity contribution in [1.29, 1.82) is 0 Å².